The van der Waals surface area contributed by atoms with Crippen LogP contribution in [0.15, 0.2) is 12.7 Å². The molecular formula is C10H20N2O. The van der Waals surface area contributed by atoms with Crippen molar-refractivity contribution in [2.45, 2.75) is 32.7 Å². The Kier molecular flexibility index (Phi) is 7.30. The van der Waals surface area contributed by atoms with E-state index in [1.165, 1.54) is 0 Å². The molecule has 0 fully saturated rings. The van der Waals surface area contributed by atoms with Crippen LogP contribution in [-0.2, 0) is 4.79 Å². The van der Waals surface area contributed by atoms with Crippen LogP contribution in [0.2, 0.25) is 0 Å². The van der Waals surface area contributed by atoms with E-state index in [-0.39, 0.29) is 11.9 Å². The highest BCUT2D eigenvalue weighted by molar-refractivity contribution is 5.81. The Morgan fingerprint density at radius 1 is 1.62 bits per heavy atom. The normalized spacial score (nSPS) is 12.2. The summed E-state index contributed by atoms with van der Waals surface area (Å²) in [6, 6.07) is -0.130. The zero-order valence-electron chi connectivity index (χ0n) is 8.60. The third-order valence-electron chi connectivity index (χ3n) is 1.79. The predicted octanol–water partition coefficient (Wildman–Crippen LogP) is 1.07. The molecule has 13 heavy (non-hydrogen) atoms. The van der Waals surface area contributed by atoms with Crippen LogP contribution >= 0.6 is 0 Å². The molecule has 0 aliphatic heterocycles. The number of nitrogens with one attached hydrogen (secondary N) is 2. The Hall–Kier alpha value is -0.830. The molecule has 0 rings (SSSR count). The number of unbranched alkanes of at least 4 members (excludes halogenated alkanes) is 1. The van der Waals surface area contributed by atoms with Crippen molar-refractivity contribution >= 4 is 5.91 Å². The minimum atomic E-state index is -0.130. The number of amides is 1. The Morgan fingerprint density at radius 2 is 2.31 bits per heavy atom. The highest BCUT2D eigenvalue weighted by Crippen LogP contribution is 1.85. The van der Waals surface area contributed by atoms with Gasteiger partial charge in [-0.15, -0.1) is 6.58 Å². The van der Waals surface area contributed by atoms with Crippen molar-refractivity contribution in [3.05, 3.63) is 12.7 Å². The monoisotopic (exact) mass is 184 g/mol. The van der Waals surface area contributed by atoms with Gasteiger partial charge in [0.15, 0.2) is 0 Å². The second-order valence-corrected chi connectivity index (χ2v) is 3.06. The summed E-state index contributed by atoms with van der Waals surface area (Å²) in [7, 11) is 0. The smallest absolute Gasteiger partial charge is 0.236 e. The summed E-state index contributed by atoms with van der Waals surface area (Å²) in [5.74, 6) is 0.0651. The van der Waals surface area contributed by atoms with E-state index in [9.17, 15) is 4.79 Å². The van der Waals surface area contributed by atoms with Crippen LogP contribution in [0.25, 0.3) is 0 Å². The summed E-state index contributed by atoms with van der Waals surface area (Å²) in [5.41, 5.74) is 0. The minimum Gasteiger partial charge on any atom is -0.355 e. The van der Waals surface area contributed by atoms with E-state index >= 15 is 0 Å². The molecule has 0 aromatic carbocycles. The quantitative estimate of drug-likeness (QED) is 0.459. The van der Waals surface area contributed by atoms with E-state index in [0.29, 0.717) is 6.54 Å². The lowest BCUT2D eigenvalue weighted by atomic mass is 10.3. The molecule has 1 unspecified atom stereocenters. The van der Waals surface area contributed by atoms with Crippen LogP contribution in [0, 0.1) is 0 Å². The van der Waals surface area contributed by atoms with Crippen LogP contribution in [0.3, 0.4) is 0 Å². The molecule has 0 saturated heterocycles. The number of hydrogen-bond donors (Lipinski definition) is 2. The molecule has 1 amide bonds. The standard InChI is InChI=1S/C10H20N2O/c1-4-6-8-12-10(13)9(3)11-7-5-2/h5,9,11H,2,4,6-8H2,1,3H3,(H,12,13). The van der Waals surface area contributed by atoms with Crippen LogP contribution in [0.1, 0.15) is 26.7 Å². The van der Waals surface area contributed by atoms with Crippen molar-refractivity contribution in [3.63, 3.8) is 0 Å². The molecule has 0 spiro atoms. The Balaban J connectivity index is 3.50. The first-order valence-corrected chi connectivity index (χ1v) is 4.84. The van der Waals surface area contributed by atoms with Crippen molar-refractivity contribution < 1.29 is 4.79 Å². The second-order valence-electron chi connectivity index (χ2n) is 3.06. The fraction of sp³-hybridized carbons (Fsp3) is 0.700. The van der Waals surface area contributed by atoms with Gasteiger partial charge in [0.05, 0.1) is 6.04 Å². The van der Waals surface area contributed by atoms with Crippen molar-refractivity contribution in [1.82, 2.24) is 10.6 Å². The van der Waals surface area contributed by atoms with Gasteiger partial charge in [0, 0.05) is 13.1 Å². The first-order chi connectivity index (χ1) is 6.22. The first kappa shape index (κ1) is 12.2. The Morgan fingerprint density at radius 3 is 2.85 bits per heavy atom. The lowest BCUT2D eigenvalue weighted by Gasteiger charge is -2.12. The van der Waals surface area contributed by atoms with Crippen LogP contribution in [0.4, 0.5) is 0 Å². The van der Waals surface area contributed by atoms with E-state index in [0.717, 1.165) is 19.4 Å². The third-order valence-corrected chi connectivity index (χ3v) is 1.79. The van der Waals surface area contributed by atoms with Crippen molar-refractivity contribution in [2.75, 3.05) is 13.1 Å². The lowest BCUT2D eigenvalue weighted by molar-refractivity contribution is -0.122. The van der Waals surface area contributed by atoms with Gasteiger partial charge < -0.3 is 10.6 Å². The number of carbonyl (C=O) groups is 1. The zero-order valence-corrected chi connectivity index (χ0v) is 8.60. The highest BCUT2D eigenvalue weighted by Gasteiger charge is 2.09. The average molecular weight is 184 g/mol. The summed E-state index contributed by atoms with van der Waals surface area (Å²) in [6.45, 7) is 8.97. The number of rotatable bonds is 7. The van der Waals surface area contributed by atoms with Gasteiger partial charge >= 0.3 is 0 Å². The maximum atomic E-state index is 11.3. The summed E-state index contributed by atoms with van der Waals surface area (Å²) < 4.78 is 0. The van der Waals surface area contributed by atoms with Crippen LogP contribution in [-0.4, -0.2) is 25.0 Å². The molecule has 0 aromatic heterocycles. The maximum Gasteiger partial charge on any atom is 0.236 e. The maximum absolute atomic E-state index is 11.3. The largest absolute Gasteiger partial charge is 0.355 e. The van der Waals surface area contributed by atoms with Gasteiger partial charge in [-0.1, -0.05) is 19.4 Å². The summed E-state index contributed by atoms with van der Waals surface area (Å²) in [4.78, 5) is 11.3. The lowest BCUT2D eigenvalue weighted by Crippen LogP contribution is -2.42. The van der Waals surface area contributed by atoms with E-state index < -0.39 is 0 Å². The van der Waals surface area contributed by atoms with E-state index in [1.807, 2.05) is 6.92 Å². The first-order valence-electron chi connectivity index (χ1n) is 4.84. The van der Waals surface area contributed by atoms with Gasteiger partial charge in [-0.25, -0.2) is 0 Å². The van der Waals surface area contributed by atoms with Gasteiger partial charge in [0.1, 0.15) is 0 Å². The number of carbonyl (C=O) groups excluding carboxylic acids is 1. The topological polar surface area (TPSA) is 41.1 Å². The molecule has 2 N–H and O–H groups in total. The molecule has 76 valence electrons. The SMILES string of the molecule is C=CCNC(C)C(=O)NCCCC. The fourth-order valence-electron chi connectivity index (χ4n) is 0.894. The molecule has 1 atom stereocenters. The average Bonchev–Trinajstić information content (AvgIpc) is 2.14. The van der Waals surface area contributed by atoms with Crippen molar-refractivity contribution in [1.29, 1.82) is 0 Å². The van der Waals surface area contributed by atoms with E-state index in [1.54, 1.807) is 6.08 Å². The fourth-order valence-corrected chi connectivity index (χ4v) is 0.894. The number of hydrogen-bond acceptors (Lipinski definition) is 2. The van der Waals surface area contributed by atoms with Gasteiger partial charge in [0.25, 0.3) is 0 Å². The highest BCUT2D eigenvalue weighted by atomic mass is 16.2. The molecule has 0 aliphatic rings. The van der Waals surface area contributed by atoms with Crippen molar-refractivity contribution in [3.8, 4) is 0 Å². The van der Waals surface area contributed by atoms with E-state index in [2.05, 4.69) is 24.1 Å². The molecule has 3 nitrogen and oxygen atoms in total. The molecule has 0 aliphatic carbocycles. The van der Waals surface area contributed by atoms with E-state index in [4.69, 9.17) is 0 Å². The summed E-state index contributed by atoms with van der Waals surface area (Å²) in [6.07, 6.45) is 3.89. The van der Waals surface area contributed by atoms with Crippen LogP contribution in [0.5, 0.6) is 0 Å². The zero-order chi connectivity index (χ0) is 10.1. The van der Waals surface area contributed by atoms with Gasteiger partial charge in [-0.05, 0) is 13.3 Å². The molecule has 0 aromatic rings. The molecule has 0 heterocycles. The van der Waals surface area contributed by atoms with Gasteiger partial charge in [-0.3, -0.25) is 4.79 Å². The molecule has 3 heteroatoms. The second kappa shape index (κ2) is 7.80. The molecular weight excluding hydrogens is 164 g/mol. The molecule has 0 bridgehead atoms. The summed E-state index contributed by atoms with van der Waals surface area (Å²) in [5, 5.41) is 5.89. The van der Waals surface area contributed by atoms with Gasteiger partial charge in [-0.2, -0.15) is 0 Å². The third kappa shape index (κ3) is 6.34. The molecule has 0 saturated carbocycles. The Labute approximate surface area is 80.6 Å². The predicted molar refractivity (Wildman–Crippen MR) is 55.6 cm³/mol. The Bertz CT molecular complexity index is 157. The van der Waals surface area contributed by atoms with Gasteiger partial charge in [0.2, 0.25) is 5.91 Å². The summed E-state index contributed by atoms with van der Waals surface area (Å²) >= 11 is 0. The van der Waals surface area contributed by atoms with Crippen LogP contribution < -0.4 is 10.6 Å². The van der Waals surface area contributed by atoms with Crippen molar-refractivity contribution in [2.24, 2.45) is 0 Å². The minimum absolute atomic E-state index is 0.0651. The molecule has 0 radical (unpaired) electrons.